The molecule has 10 heteroatoms. The highest BCUT2D eigenvalue weighted by Crippen LogP contribution is 2.35. The van der Waals surface area contributed by atoms with Crippen LogP contribution in [0.5, 0.6) is 0 Å². The van der Waals surface area contributed by atoms with Gasteiger partial charge in [-0.2, -0.15) is 5.10 Å². The topological polar surface area (TPSA) is 122 Å². The van der Waals surface area contributed by atoms with E-state index in [1.54, 1.807) is 26.1 Å². The lowest BCUT2D eigenvalue weighted by atomic mass is 10.0. The van der Waals surface area contributed by atoms with Gasteiger partial charge in [0.2, 0.25) is 11.8 Å². The second-order valence-electron chi connectivity index (χ2n) is 7.04. The van der Waals surface area contributed by atoms with Crippen LogP contribution in [-0.2, 0) is 16.0 Å². The molecule has 0 saturated heterocycles. The lowest BCUT2D eigenvalue weighted by Gasteiger charge is -2.15. The number of oxazole rings is 1. The summed E-state index contributed by atoms with van der Waals surface area (Å²) in [6, 6.07) is 1.21. The van der Waals surface area contributed by atoms with Crippen LogP contribution in [-0.4, -0.2) is 46.0 Å². The molecule has 3 N–H and O–H groups in total. The predicted octanol–water partition coefficient (Wildman–Crippen LogP) is 2.61. The average Bonchev–Trinajstić information content (AvgIpc) is 3.36. The van der Waals surface area contributed by atoms with Gasteiger partial charge in [-0.1, -0.05) is 0 Å². The Hall–Kier alpha value is -2.91. The van der Waals surface area contributed by atoms with Gasteiger partial charge in [-0.05, 0) is 33.1 Å². The van der Waals surface area contributed by atoms with E-state index >= 15 is 0 Å². The summed E-state index contributed by atoms with van der Waals surface area (Å²) in [7, 11) is 0. The van der Waals surface area contributed by atoms with Gasteiger partial charge < -0.3 is 19.8 Å². The van der Waals surface area contributed by atoms with Gasteiger partial charge >= 0.3 is 6.09 Å². The number of alkyl carbamates (subject to hydrolysis) is 1. The number of carbonyl (C=O) groups is 2. The summed E-state index contributed by atoms with van der Waals surface area (Å²) in [6.07, 6.45) is 2.94. The van der Waals surface area contributed by atoms with E-state index < -0.39 is 18.8 Å². The average molecular weight is 393 g/mol. The third-order valence-electron chi connectivity index (χ3n) is 4.54. The van der Waals surface area contributed by atoms with Crippen LogP contribution in [0.15, 0.2) is 16.7 Å². The maximum absolute atomic E-state index is 12.4. The molecule has 0 aromatic carbocycles. The molecular weight excluding hydrogens is 369 g/mol. The molecule has 1 aliphatic carbocycles. The molecule has 0 bridgehead atoms. The summed E-state index contributed by atoms with van der Waals surface area (Å²) in [4.78, 5) is 27.8. The molecule has 1 aliphatic rings. The van der Waals surface area contributed by atoms with Gasteiger partial charge in [-0.3, -0.25) is 9.89 Å². The number of nitrogens with zero attached hydrogens (tertiary/aromatic N) is 2. The lowest BCUT2D eigenvalue weighted by molar-refractivity contribution is -0.115. The fourth-order valence-corrected chi connectivity index (χ4v) is 3.17. The number of aromatic nitrogens is 3. The van der Waals surface area contributed by atoms with Crippen LogP contribution in [0.25, 0.3) is 0 Å². The maximum atomic E-state index is 12.4. The highest BCUT2D eigenvalue weighted by molar-refractivity contribution is 5.90. The van der Waals surface area contributed by atoms with Crippen LogP contribution in [0.1, 0.15) is 49.4 Å². The number of carbonyl (C=O) groups excluding carboxylic acids is 2. The Morgan fingerprint density at radius 2 is 2.29 bits per heavy atom. The number of aromatic amines is 1. The van der Waals surface area contributed by atoms with E-state index in [9.17, 15) is 14.0 Å². The highest BCUT2D eigenvalue weighted by Gasteiger charge is 2.30. The number of ether oxygens (including phenoxy) is 1. The van der Waals surface area contributed by atoms with E-state index in [1.165, 1.54) is 0 Å². The van der Waals surface area contributed by atoms with Crippen LogP contribution in [0, 0.1) is 6.92 Å². The normalized spacial score (nSPS) is 20.0. The van der Waals surface area contributed by atoms with Crippen molar-refractivity contribution in [2.45, 2.75) is 57.6 Å². The van der Waals surface area contributed by atoms with Gasteiger partial charge in [0.15, 0.2) is 5.82 Å². The smallest absolute Gasteiger partial charge is 0.407 e. The van der Waals surface area contributed by atoms with Crippen molar-refractivity contribution >= 4 is 17.8 Å². The zero-order chi connectivity index (χ0) is 20.1. The number of anilines is 1. The molecule has 1 saturated carbocycles. The minimum absolute atomic E-state index is 0.0296. The first-order chi connectivity index (χ1) is 13.4. The van der Waals surface area contributed by atoms with Crippen molar-refractivity contribution in [1.29, 1.82) is 0 Å². The largest absolute Gasteiger partial charge is 0.446 e. The zero-order valence-electron chi connectivity index (χ0n) is 15.8. The van der Waals surface area contributed by atoms with Crippen LogP contribution in [0.4, 0.5) is 15.0 Å². The Bertz CT molecular complexity index is 821. The Morgan fingerprint density at radius 3 is 3.00 bits per heavy atom. The summed E-state index contributed by atoms with van der Waals surface area (Å²) < 4.78 is 23.1. The minimum Gasteiger partial charge on any atom is -0.446 e. The number of hydrogen-bond donors (Lipinski definition) is 3. The summed E-state index contributed by atoms with van der Waals surface area (Å²) in [5.41, 5.74) is 0.867. The molecule has 0 radical (unpaired) electrons. The second-order valence-corrected chi connectivity index (χ2v) is 7.04. The molecule has 9 nitrogen and oxygen atoms in total. The molecule has 2 aromatic heterocycles. The van der Waals surface area contributed by atoms with Gasteiger partial charge in [0.1, 0.15) is 25.0 Å². The van der Waals surface area contributed by atoms with Crippen molar-refractivity contribution in [2.24, 2.45) is 0 Å². The molecule has 0 unspecified atom stereocenters. The van der Waals surface area contributed by atoms with Crippen molar-refractivity contribution in [3.05, 3.63) is 29.6 Å². The highest BCUT2D eigenvalue weighted by atomic mass is 19.1. The standard InChI is InChI=1S/C18H24FN5O4/c1-10(8-19)21-18(26)28-13-4-3-12(5-13)14-6-15(24-23-14)22-16(25)7-17-20-9-11(2)27-17/h6,9-10,12-13H,3-5,7-8H2,1-2H3,(H,21,26)(H2,22,23,24,25)/t10-,12-,13+/m0/s1. The van der Waals surface area contributed by atoms with Gasteiger partial charge in [0.25, 0.3) is 0 Å². The van der Waals surface area contributed by atoms with Crippen molar-refractivity contribution in [3.63, 3.8) is 0 Å². The molecule has 28 heavy (non-hydrogen) atoms. The van der Waals surface area contributed by atoms with Gasteiger partial charge in [0.05, 0.1) is 12.2 Å². The van der Waals surface area contributed by atoms with E-state index in [-0.39, 0.29) is 24.3 Å². The third-order valence-corrected chi connectivity index (χ3v) is 4.54. The Kier molecular flexibility index (Phi) is 6.27. The molecule has 152 valence electrons. The van der Waals surface area contributed by atoms with Gasteiger partial charge in [0, 0.05) is 17.7 Å². The second kappa shape index (κ2) is 8.85. The van der Waals surface area contributed by atoms with Crippen LogP contribution < -0.4 is 10.6 Å². The van der Waals surface area contributed by atoms with E-state index in [2.05, 4.69) is 25.8 Å². The summed E-state index contributed by atoms with van der Waals surface area (Å²) in [6.45, 7) is 2.70. The predicted molar refractivity (Wildman–Crippen MR) is 97.6 cm³/mol. The first-order valence-corrected chi connectivity index (χ1v) is 9.22. The number of rotatable bonds is 7. The van der Waals surface area contributed by atoms with E-state index in [1.807, 2.05) is 0 Å². The molecule has 0 aliphatic heterocycles. The number of alkyl halides is 1. The van der Waals surface area contributed by atoms with Gasteiger partial charge in [-0.15, -0.1) is 0 Å². The van der Waals surface area contributed by atoms with Crippen LogP contribution in [0.2, 0.25) is 0 Å². The zero-order valence-corrected chi connectivity index (χ0v) is 15.8. The van der Waals surface area contributed by atoms with E-state index in [0.29, 0.717) is 30.3 Å². The first-order valence-electron chi connectivity index (χ1n) is 9.22. The molecule has 1 fully saturated rings. The van der Waals surface area contributed by atoms with Crippen molar-refractivity contribution < 1.29 is 23.1 Å². The summed E-state index contributed by atoms with van der Waals surface area (Å²) in [5.74, 6) is 1.29. The molecule has 0 spiro atoms. The number of H-pyrrole nitrogens is 1. The molecule has 3 atom stereocenters. The fourth-order valence-electron chi connectivity index (χ4n) is 3.17. The number of halogens is 1. The monoisotopic (exact) mass is 393 g/mol. The van der Waals surface area contributed by atoms with Crippen molar-refractivity contribution in [2.75, 3.05) is 12.0 Å². The summed E-state index contributed by atoms with van der Waals surface area (Å²) in [5, 5.41) is 12.2. The van der Waals surface area contributed by atoms with Gasteiger partial charge in [-0.25, -0.2) is 14.2 Å². The Balaban J connectivity index is 1.47. The minimum atomic E-state index is -0.638. The Morgan fingerprint density at radius 1 is 1.46 bits per heavy atom. The van der Waals surface area contributed by atoms with Crippen molar-refractivity contribution in [3.8, 4) is 0 Å². The van der Waals surface area contributed by atoms with Crippen molar-refractivity contribution in [1.82, 2.24) is 20.5 Å². The summed E-state index contributed by atoms with van der Waals surface area (Å²) >= 11 is 0. The Labute approximate surface area is 161 Å². The first kappa shape index (κ1) is 19.8. The quantitative estimate of drug-likeness (QED) is 0.665. The van der Waals surface area contributed by atoms with Crippen LogP contribution in [0.3, 0.4) is 0 Å². The maximum Gasteiger partial charge on any atom is 0.407 e. The molecule has 2 heterocycles. The van der Waals surface area contributed by atoms with Crippen LogP contribution >= 0.6 is 0 Å². The number of nitrogens with one attached hydrogen (secondary N) is 3. The number of aryl methyl sites for hydroxylation is 1. The van der Waals surface area contributed by atoms with E-state index in [0.717, 1.165) is 12.1 Å². The fraction of sp³-hybridized carbons (Fsp3) is 0.556. The third kappa shape index (κ3) is 5.30. The lowest BCUT2D eigenvalue weighted by Crippen LogP contribution is -2.36. The SMILES string of the molecule is Cc1cnc(CC(=O)Nc2cc([C@H]3CC[C@@H](OC(=O)N[C@@H](C)CF)C3)[nH]n2)o1. The molecule has 3 rings (SSSR count). The number of amides is 2. The molecule has 2 amide bonds. The number of hydrogen-bond acceptors (Lipinski definition) is 6. The molecule has 2 aromatic rings. The van der Waals surface area contributed by atoms with E-state index in [4.69, 9.17) is 9.15 Å². The molecular formula is C18H24FN5O4.